The molecule has 144 valence electrons. The highest BCUT2D eigenvalue weighted by Gasteiger charge is 2.36. The van der Waals surface area contributed by atoms with E-state index in [0.717, 1.165) is 12.1 Å². The molecule has 2 aromatic rings. The summed E-state index contributed by atoms with van der Waals surface area (Å²) in [5, 5.41) is 3.18. The van der Waals surface area contributed by atoms with Gasteiger partial charge in [-0.25, -0.2) is 0 Å². The van der Waals surface area contributed by atoms with Gasteiger partial charge in [0.15, 0.2) is 0 Å². The SMILES string of the molecule is CCc1cc(C(F)(F)F)cc(C(F)(F)F)c1.CN[C@H](C)c1ccccc1. The van der Waals surface area contributed by atoms with Crippen LogP contribution in [-0.4, -0.2) is 7.05 Å². The van der Waals surface area contributed by atoms with Crippen molar-refractivity contribution in [2.45, 2.75) is 38.7 Å². The van der Waals surface area contributed by atoms with Crippen molar-refractivity contribution >= 4 is 0 Å². The lowest BCUT2D eigenvalue weighted by Gasteiger charge is -2.13. The lowest BCUT2D eigenvalue weighted by Crippen LogP contribution is -2.11. The van der Waals surface area contributed by atoms with Crippen molar-refractivity contribution in [3.05, 3.63) is 70.8 Å². The zero-order chi connectivity index (χ0) is 20.0. The Morgan fingerprint density at radius 2 is 1.31 bits per heavy atom. The van der Waals surface area contributed by atoms with Gasteiger partial charge in [0.25, 0.3) is 0 Å². The highest BCUT2D eigenvalue weighted by atomic mass is 19.4. The van der Waals surface area contributed by atoms with Crippen LogP contribution >= 0.6 is 0 Å². The van der Waals surface area contributed by atoms with E-state index in [1.807, 2.05) is 13.1 Å². The van der Waals surface area contributed by atoms with Crippen LogP contribution in [0, 0.1) is 0 Å². The van der Waals surface area contributed by atoms with Crippen molar-refractivity contribution in [1.29, 1.82) is 0 Å². The van der Waals surface area contributed by atoms with Crippen LogP contribution in [0.3, 0.4) is 0 Å². The zero-order valence-electron chi connectivity index (χ0n) is 14.7. The lowest BCUT2D eigenvalue weighted by molar-refractivity contribution is -0.143. The third-order valence-corrected chi connectivity index (χ3v) is 3.79. The maximum absolute atomic E-state index is 12.3. The van der Waals surface area contributed by atoms with Crippen LogP contribution in [0.1, 0.15) is 42.1 Å². The smallest absolute Gasteiger partial charge is 0.313 e. The Morgan fingerprint density at radius 3 is 1.65 bits per heavy atom. The summed E-state index contributed by atoms with van der Waals surface area (Å²) < 4.78 is 73.8. The molecule has 26 heavy (non-hydrogen) atoms. The van der Waals surface area contributed by atoms with Crippen molar-refractivity contribution in [3.8, 4) is 0 Å². The first-order valence-corrected chi connectivity index (χ1v) is 7.99. The van der Waals surface area contributed by atoms with Crippen molar-refractivity contribution < 1.29 is 26.3 Å². The van der Waals surface area contributed by atoms with E-state index in [-0.39, 0.29) is 18.1 Å². The van der Waals surface area contributed by atoms with Crippen molar-refractivity contribution in [3.63, 3.8) is 0 Å². The third kappa shape index (κ3) is 6.71. The number of alkyl halides is 6. The van der Waals surface area contributed by atoms with Gasteiger partial charge in [0, 0.05) is 6.04 Å². The summed E-state index contributed by atoms with van der Waals surface area (Å²) in [4.78, 5) is 0. The minimum atomic E-state index is -4.76. The first kappa shape index (κ1) is 22.0. The summed E-state index contributed by atoms with van der Waals surface area (Å²) in [5.74, 6) is 0. The second-order valence-corrected chi connectivity index (χ2v) is 5.69. The molecule has 0 bridgehead atoms. The fourth-order valence-corrected chi connectivity index (χ4v) is 2.13. The van der Waals surface area contributed by atoms with Crippen LogP contribution in [-0.2, 0) is 18.8 Å². The molecule has 0 aliphatic carbocycles. The standard InChI is InChI=1S/C10H8F6.C9H13N/c1-2-6-3-7(9(11,12)13)5-8(4-6)10(14,15)16;1-8(10-2)9-6-4-3-5-7-9/h3-5H,2H2,1H3;3-8,10H,1-2H3/t;8-/m.1/s1. The summed E-state index contributed by atoms with van der Waals surface area (Å²) in [5.41, 5.74) is -1.18. The second-order valence-electron chi connectivity index (χ2n) is 5.69. The van der Waals surface area contributed by atoms with Crippen LogP contribution in [0.2, 0.25) is 0 Å². The number of benzene rings is 2. The van der Waals surface area contributed by atoms with E-state index < -0.39 is 23.5 Å². The Labute approximate surface area is 149 Å². The predicted molar refractivity (Wildman–Crippen MR) is 89.7 cm³/mol. The maximum Gasteiger partial charge on any atom is 0.416 e. The third-order valence-electron chi connectivity index (χ3n) is 3.79. The predicted octanol–water partition coefficient (Wildman–Crippen LogP) is 6.25. The second kappa shape index (κ2) is 9.07. The van der Waals surface area contributed by atoms with Gasteiger partial charge in [-0.15, -0.1) is 0 Å². The molecular weight excluding hydrogens is 356 g/mol. The fourth-order valence-electron chi connectivity index (χ4n) is 2.13. The van der Waals surface area contributed by atoms with Gasteiger partial charge in [-0.3, -0.25) is 0 Å². The van der Waals surface area contributed by atoms with E-state index in [1.54, 1.807) is 0 Å². The highest BCUT2D eigenvalue weighted by molar-refractivity contribution is 5.33. The molecule has 0 heterocycles. The number of rotatable bonds is 3. The molecule has 1 nitrogen and oxygen atoms in total. The minimum absolute atomic E-state index is 0.0159. The first-order chi connectivity index (χ1) is 12.0. The van der Waals surface area contributed by atoms with E-state index in [9.17, 15) is 26.3 Å². The van der Waals surface area contributed by atoms with E-state index >= 15 is 0 Å². The monoisotopic (exact) mass is 377 g/mol. The maximum atomic E-state index is 12.3. The van der Waals surface area contributed by atoms with Crippen LogP contribution in [0.25, 0.3) is 0 Å². The molecule has 0 fully saturated rings. The Bertz CT molecular complexity index is 644. The molecule has 0 saturated carbocycles. The molecule has 0 spiro atoms. The average molecular weight is 377 g/mol. The molecule has 0 saturated heterocycles. The molecule has 2 rings (SSSR count). The van der Waals surface area contributed by atoms with E-state index in [4.69, 9.17) is 0 Å². The molecule has 1 N–H and O–H groups in total. The van der Waals surface area contributed by atoms with Gasteiger partial charge >= 0.3 is 12.4 Å². The number of aryl methyl sites for hydroxylation is 1. The summed E-state index contributed by atoms with van der Waals surface area (Å²) in [6.07, 6.45) is -9.40. The average Bonchev–Trinajstić information content (AvgIpc) is 2.60. The Balaban J connectivity index is 0.000000289. The Kier molecular flexibility index (Phi) is 7.68. The topological polar surface area (TPSA) is 12.0 Å². The van der Waals surface area contributed by atoms with Gasteiger partial charge < -0.3 is 5.32 Å². The van der Waals surface area contributed by atoms with Gasteiger partial charge in [-0.2, -0.15) is 26.3 Å². The molecule has 0 amide bonds. The Morgan fingerprint density at radius 1 is 0.846 bits per heavy atom. The van der Waals surface area contributed by atoms with E-state index in [2.05, 4.69) is 36.5 Å². The van der Waals surface area contributed by atoms with Crippen LogP contribution < -0.4 is 5.32 Å². The summed E-state index contributed by atoms with van der Waals surface area (Å²) in [7, 11) is 1.97. The zero-order valence-corrected chi connectivity index (χ0v) is 14.7. The molecule has 7 heteroatoms. The molecule has 2 aromatic carbocycles. The van der Waals surface area contributed by atoms with Crippen molar-refractivity contribution in [2.24, 2.45) is 0 Å². The molecule has 0 radical (unpaired) electrons. The van der Waals surface area contributed by atoms with Crippen LogP contribution in [0.5, 0.6) is 0 Å². The normalized spacial score (nSPS) is 13.0. The minimum Gasteiger partial charge on any atom is -0.313 e. The molecule has 0 aromatic heterocycles. The van der Waals surface area contributed by atoms with Gasteiger partial charge in [-0.05, 0) is 49.7 Å². The van der Waals surface area contributed by atoms with E-state index in [1.165, 1.54) is 12.5 Å². The molecule has 0 unspecified atom stereocenters. The highest BCUT2D eigenvalue weighted by Crippen LogP contribution is 2.36. The van der Waals surface area contributed by atoms with Gasteiger partial charge in [0.1, 0.15) is 0 Å². The lowest BCUT2D eigenvalue weighted by atomic mass is 10.0. The summed E-state index contributed by atoms with van der Waals surface area (Å²) in [6.45, 7) is 3.64. The number of halogens is 6. The molecular formula is C19H21F6N. The van der Waals surface area contributed by atoms with E-state index in [0.29, 0.717) is 6.04 Å². The Hall–Kier alpha value is -2.02. The molecule has 0 aliphatic heterocycles. The summed E-state index contributed by atoms with van der Waals surface area (Å²) in [6, 6.07) is 12.4. The van der Waals surface area contributed by atoms with Gasteiger partial charge in [-0.1, -0.05) is 37.3 Å². The number of nitrogens with one attached hydrogen (secondary N) is 1. The molecule has 1 atom stereocenters. The molecule has 0 aliphatic rings. The first-order valence-electron chi connectivity index (χ1n) is 7.99. The van der Waals surface area contributed by atoms with Crippen LogP contribution in [0.4, 0.5) is 26.3 Å². The quantitative estimate of drug-likeness (QED) is 0.623. The fraction of sp³-hybridized carbons (Fsp3) is 0.368. The van der Waals surface area contributed by atoms with Crippen LogP contribution in [0.15, 0.2) is 48.5 Å². The van der Waals surface area contributed by atoms with Crippen molar-refractivity contribution in [1.82, 2.24) is 5.32 Å². The number of hydrogen-bond donors (Lipinski definition) is 1. The number of hydrogen-bond acceptors (Lipinski definition) is 1. The van der Waals surface area contributed by atoms with Gasteiger partial charge in [0.2, 0.25) is 0 Å². The van der Waals surface area contributed by atoms with Gasteiger partial charge in [0.05, 0.1) is 11.1 Å². The van der Waals surface area contributed by atoms with Crippen molar-refractivity contribution in [2.75, 3.05) is 7.05 Å². The summed E-state index contributed by atoms with van der Waals surface area (Å²) >= 11 is 0. The largest absolute Gasteiger partial charge is 0.416 e.